The fourth-order valence-corrected chi connectivity index (χ4v) is 3.15. The van der Waals surface area contributed by atoms with Crippen molar-refractivity contribution in [1.82, 2.24) is 20.0 Å². The summed E-state index contributed by atoms with van der Waals surface area (Å²) in [6.07, 6.45) is -2.49. The van der Waals surface area contributed by atoms with Crippen LogP contribution in [0, 0.1) is 5.92 Å². The molecule has 0 bridgehead atoms. The quantitative estimate of drug-likeness (QED) is 0.920. The number of carbonyl (C=O) groups is 1. The summed E-state index contributed by atoms with van der Waals surface area (Å²) in [5, 5.41) is 6.85. The van der Waals surface area contributed by atoms with E-state index in [1.54, 1.807) is 17.0 Å². The summed E-state index contributed by atoms with van der Waals surface area (Å²) in [5.74, 6) is 0.237. The summed E-state index contributed by atoms with van der Waals surface area (Å²) >= 11 is 0. The van der Waals surface area contributed by atoms with Crippen molar-refractivity contribution >= 4 is 5.91 Å². The Balaban J connectivity index is 1.83. The van der Waals surface area contributed by atoms with Gasteiger partial charge in [-0.05, 0) is 50.2 Å². The van der Waals surface area contributed by atoms with Crippen LogP contribution in [0.3, 0.4) is 0 Å². The van der Waals surface area contributed by atoms with Gasteiger partial charge < -0.3 is 10.2 Å². The summed E-state index contributed by atoms with van der Waals surface area (Å²) in [5.41, 5.74) is -0.285. The Bertz CT molecular complexity index is 756. The number of rotatable bonds is 4. The lowest BCUT2D eigenvalue weighted by atomic mass is 10.1. The molecule has 1 atom stereocenters. The van der Waals surface area contributed by atoms with Crippen LogP contribution in [-0.4, -0.2) is 47.3 Å². The number of amides is 1. The molecule has 5 nitrogen and oxygen atoms in total. The molecular formula is C17H19F3N4O. The molecule has 0 saturated carbocycles. The van der Waals surface area contributed by atoms with E-state index in [4.69, 9.17) is 0 Å². The molecule has 1 aliphatic heterocycles. The van der Waals surface area contributed by atoms with Crippen LogP contribution in [0.25, 0.3) is 5.69 Å². The van der Waals surface area contributed by atoms with Crippen LogP contribution in [0.15, 0.2) is 36.5 Å². The maximum Gasteiger partial charge on any atom is 0.433 e. The fourth-order valence-electron chi connectivity index (χ4n) is 3.15. The first-order valence-electron chi connectivity index (χ1n) is 8.05. The summed E-state index contributed by atoms with van der Waals surface area (Å²) in [4.78, 5) is 14.4. The zero-order valence-corrected chi connectivity index (χ0v) is 13.8. The van der Waals surface area contributed by atoms with Crippen molar-refractivity contribution in [3.8, 4) is 5.69 Å². The first-order chi connectivity index (χ1) is 11.9. The number of aromatic nitrogens is 2. The average Bonchev–Trinajstić information content (AvgIpc) is 3.23. The van der Waals surface area contributed by atoms with Crippen molar-refractivity contribution in [3.63, 3.8) is 0 Å². The predicted molar refractivity (Wildman–Crippen MR) is 86.5 cm³/mol. The Morgan fingerprint density at radius 3 is 2.88 bits per heavy atom. The van der Waals surface area contributed by atoms with E-state index < -0.39 is 11.9 Å². The molecule has 1 amide bonds. The van der Waals surface area contributed by atoms with Crippen molar-refractivity contribution in [2.24, 2.45) is 5.92 Å². The Kier molecular flexibility index (Phi) is 4.80. The highest BCUT2D eigenvalue weighted by atomic mass is 19.4. The third-order valence-corrected chi connectivity index (χ3v) is 4.34. The highest BCUT2D eigenvalue weighted by Crippen LogP contribution is 2.30. The standard InChI is InChI=1S/C17H19F3N4O/c1-21-10-12-6-8-23(11-12)16(25)13-3-2-4-14(9-13)24-15(5-7-22-24)17(18,19)20/h2-5,7,9,12,21H,6,8,10-11H2,1H3. The number of alkyl halides is 3. The number of hydrogen-bond donors (Lipinski definition) is 1. The summed E-state index contributed by atoms with van der Waals surface area (Å²) in [7, 11) is 1.87. The number of nitrogens with zero attached hydrogens (tertiary/aromatic N) is 3. The van der Waals surface area contributed by atoms with Gasteiger partial charge in [-0.1, -0.05) is 6.07 Å². The molecule has 134 valence electrons. The van der Waals surface area contributed by atoms with E-state index in [1.165, 1.54) is 12.1 Å². The highest BCUT2D eigenvalue weighted by Gasteiger charge is 2.35. The van der Waals surface area contributed by atoms with E-state index >= 15 is 0 Å². The first kappa shape index (κ1) is 17.5. The first-order valence-corrected chi connectivity index (χ1v) is 8.05. The van der Waals surface area contributed by atoms with Gasteiger partial charge in [-0.3, -0.25) is 4.79 Å². The van der Waals surface area contributed by atoms with Gasteiger partial charge in [0.1, 0.15) is 5.69 Å². The van der Waals surface area contributed by atoms with E-state index in [0.717, 1.165) is 29.9 Å². The van der Waals surface area contributed by atoms with Crippen LogP contribution in [0.4, 0.5) is 13.2 Å². The minimum Gasteiger partial charge on any atom is -0.338 e. The van der Waals surface area contributed by atoms with Crippen LogP contribution in [0.2, 0.25) is 0 Å². The van der Waals surface area contributed by atoms with Crippen molar-refractivity contribution < 1.29 is 18.0 Å². The molecule has 2 heterocycles. The summed E-state index contributed by atoms with van der Waals surface area (Å²) in [6, 6.07) is 7.07. The van der Waals surface area contributed by atoms with Crippen molar-refractivity contribution in [2.45, 2.75) is 12.6 Å². The monoisotopic (exact) mass is 352 g/mol. The molecule has 1 N–H and O–H groups in total. The third kappa shape index (κ3) is 3.68. The minimum absolute atomic E-state index is 0.166. The van der Waals surface area contributed by atoms with Crippen LogP contribution < -0.4 is 5.32 Å². The number of nitrogens with one attached hydrogen (secondary N) is 1. The summed E-state index contributed by atoms with van der Waals surface area (Å²) < 4.78 is 39.9. The van der Waals surface area contributed by atoms with Crippen molar-refractivity contribution in [3.05, 3.63) is 47.8 Å². The molecular weight excluding hydrogens is 333 g/mol. The lowest BCUT2D eigenvalue weighted by Crippen LogP contribution is -2.30. The van der Waals surface area contributed by atoms with Crippen LogP contribution >= 0.6 is 0 Å². The van der Waals surface area contributed by atoms with Gasteiger partial charge in [0.15, 0.2) is 0 Å². The van der Waals surface area contributed by atoms with Crippen molar-refractivity contribution in [1.29, 1.82) is 0 Å². The SMILES string of the molecule is CNCC1CCN(C(=O)c2cccc(-n3nccc3C(F)(F)F)c2)C1. The van der Waals surface area contributed by atoms with Gasteiger partial charge in [-0.15, -0.1) is 0 Å². The average molecular weight is 352 g/mol. The molecule has 1 aliphatic rings. The normalized spacial score (nSPS) is 17.9. The second kappa shape index (κ2) is 6.87. The van der Waals surface area contributed by atoms with E-state index in [-0.39, 0.29) is 11.6 Å². The molecule has 1 aromatic heterocycles. The lowest BCUT2D eigenvalue weighted by Gasteiger charge is -2.17. The lowest BCUT2D eigenvalue weighted by molar-refractivity contribution is -0.142. The van der Waals surface area contributed by atoms with Gasteiger partial charge in [0.25, 0.3) is 5.91 Å². The molecule has 0 spiro atoms. The zero-order chi connectivity index (χ0) is 18.0. The second-order valence-corrected chi connectivity index (χ2v) is 6.14. The zero-order valence-electron chi connectivity index (χ0n) is 13.8. The molecule has 1 aromatic carbocycles. The molecule has 1 unspecified atom stereocenters. The number of benzene rings is 1. The molecule has 3 rings (SSSR count). The molecule has 8 heteroatoms. The maximum atomic E-state index is 13.0. The van der Waals surface area contributed by atoms with Gasteiger partial charge >= 0.3 is 6.18 Å². The minimum atomic E-state index is -4.51. The van der Waals surface area contributed by atoms with Gasteiger partial charge in [0, 0.05) is 18.7 Å². The van der Waals surface area contributed by atoms with Crippen LogP contribution in [-0.2, 0) is 6.18 Å². The molecule has 0 radical (unpaired) electrons. The van der Waals surface area contributed by atoms with Crippen LogP contribution in [0.1, 0.15) is 22.5 Å². The number of halogens is 3. The third-order valence-electron chi connectivity index (χ3n) is 4.34. The van der Waals surface area contributed by atoms with E-state index in [9.17, 15) is 18.0 Å². The predicted octanol–water partition coefficient (Wildman–Crippen LogP) is 2.57. The summed E-state index contributed by atoms with van der Waals surface area (Å²) in [6.45, 7) is 2.15. The highest BCUT2D eigenvalue weighted by molar-refractivity contribution is 5.95. The van der Waals surface area contributed by atoms with Gasteiger partial charge in [-0.2, -0.15) is 18.3 Å². The van der Waals surface area contributed by atoms with Gasteiger partial charge in [-0.25, -0.2) is 4.68 Å². The topological polar surface area (TPSA) is 50.2 Å². The van der Waals surface area contributed by atoms with Gasteiger partial charge in [0.05, 0.1) is 11.9 Å². The Labute approximate surface area is 143 Å². The number of hydrogen-bond acceptors (Lipinski definition) is 3. The Hall–Kier alpha value is -2.35. The van der Waals surface area contributed by atoms with E-state index in [0.29, 0.717) is 24.6 Å². The smallest absolute Gasteiger partial charge is 0.338 e. The second-order valence-electron chi connectivity index (χ2n) is 6.14. The molecule has 1 saturated heterocycles. The van der Waals surface area contributed by atoms with Gasteiger partial charge in [0.2, 0.25) is 0 Å². The van der Waals surface area contributed by atoms with Crippen molar-refractivity contribution in [2.75, 3.05) is 26.7 Å². The maximum absolute atomic E-state index is 13.0. The van der Waals surface area contributed by atoms with E-state index in [1.807, 2.05) is 7.05 Å². The van der Waals surface area contributed by atoms with E-state index in [2.05, 4.69) is 10.4 Å². The number of likely N-dealkylation sites (tertiary alicyclic amines) is 1. The number of carbonyl (C=O) groups excluding carboxylic acids is 1. The molecule has 25 heavy (non-hydrogen) atoms. The fraction of sp³-hybridized carbons (Fsp3) is 0.412. The van der Waals surface area contributed by atoms with Crippen LogP contribution in [0.5, 0.6) is 0 Å². The largest absolute Gasteiger partial charge is 0.433 e. The molecule has 2 aromatic rings. The molecule has 1 fully saturated rings. The Morgan fingerprint density at radius 2 is 2.16 bits per heavy atom. The molecule has 0 aliphatic carbocycles. The Morgan fingerprint density at radius 1 is 1.36 bits per heavy atom.